The number of β-amino-alcohol motifs (C(OH)–C–C–N with tert-alkyl or cyclic N) is 1. The number of anilines is 1. The number of aliphatic hydroxyl groups is 1. The number of nitro benzene ring substituents is 1. The van der Waals surface area contributed by atoms with Crippen LogP contribution in [-0.2, 0) is 0 Å². The summed E-state index contributed by atoms with van der Waals surface area (Å²) in [5, 5.41) is 20.4. The van der Waals surface area contributed by atoms with Crippen molar-refractivity contribution in [2.24, 2.45) is 0 Å². The third-order valence-electron chi connectivity index (χ3n) is 3.21. The number of halogens is 2. The van der Waals surface area contributed by atoms with Crippen LogP contribution in [0.4, 0.5) is 20.2 Å². The minimum atomic E-state index is -0.981. The zero-order chi connectivity index (χ0) is 14.2. The molecule has 0 aliphatic carbocycles. The van der Waals surface area contributed by atoms with Crippen LogP contribution in [0.2, 0.25) is 0 Å². The van der Waals surface area contributed by atoms with Crippen LogP contribution in [0.3, 0.4) is 0 Å². The first-order valence-electron chi connectivity index (χ1n) is 5.97. The summed E-state index contributed by atoms with van der Waals surface area (Å²) in [5.41, 5.74) is -1.86. The molecular weight excluding hydrogens is 258 g/mol. The Morgan fingerprint density at radius 2 is 1.95 bits per heavy atom. The van der Waals surface area contributed by atoms with E-state index < -0.39 is 27.8 Å². The molecule has 1 saturated heterocycles. The molecule has 5 nitrogen and oxygen atoms in total. The molecule has 0 spiro atoms. The van der Waals surface area contributed by atoms with Crippen LogP contribution in [-0.4, -0.2) is 28.7 Å². The Bertz CT molecular complexity index is 493. The summed E-state index contributed by atoms with van der Waals surface area (Å²) in [7, 11) is 0. The van der Waals surface area contributed by atoms with Gasteiger partial charge < -0.3 is 10.0 Å². The van der Waals surface area contributed by atoms with Gasteiger partial charge in [-0.05, 0) is 6.42 Å². The average Bonchev–Trinajstić information content (AvgIpc) is 2.25. The molecule has 1 fully saturated rings. The maximum absolute atomic E-state index is 13.7. The van der Waals surface area contributed by atoms with E-state index in [9.17, 15) is 24.0 Å². The fourth-order valence-electron chi connectivity index (χ4n) is 2.41. The van der Waals surface area contributed by atoms with Gasteiger partial charge in [-0.3, -0.25) is 10.1 Å². The predicted octanol–water partition coefficient (Wildman–Crippen LogP) is 2.22. The molecule has 0 bridgehead atoms. The van der Waals surface area contributed by atoms with Gasteiger partial charge in [0, 0.05) is 13.1 Å². The Balaban J connectivity index is 2.22. The van der Waals surface area contributed by atoms with Crippen LogP contribution in [0.15, 0.2) is 12.1 Å². The third kappa shape index (κ3) is 2.51. The van der Waals surface area contributed by atoms with Crippen molar-refractivity contribution in [3.63, 3.8) is 0 Å². The second-order valence-corrected chi connectivity index (χ2v) is 4.85. The second-order valence-electron chi connectivity index (χ2n) is 4.85. The highest BCUT2D eigenvalue weighted by Gasteiger charge is 2.42. The van der Waals surface area contributed by atoms with E-state index in [1.165, 1.54) is 4.90 Å². The second kappa shape index (κ2) is 4.73. The molecule has 19 heavy (non-hydrogen) atoms. The first kappa shape index (κ1) is 13.7. The number of rotatable bonds is 4. The lowest BCUT2D eigenvalue weighted by Crippen LogP contribution is -2.62. The molecule has 1 aliphatic heterocycles. The molecule has 1 aromatic rings. The van der Waals surface area contributed by atoms with Crippen LogP contribution >= 0.6 is 0 Å². The van der Waals surface area contributed by atoms with Crippen molar-refractivity contribution in [3.05, 3.63) is 33.9 Å². The lowest BCUT2D eigenvalue weighted by atomic mass is 9.88. The number of nitro groups is 1. The van der Waals surface area contributed by atoms with Crippen LogP contribution in [0.1, 0.15) is 19.8 Å². The molecular formula is C12H14F2N2O3. The number of nitrogens with zero attached hydrogens (tertiary/aromatic N) is 2. The molecule has 1 heterocycles. The summed E-state index contributed by atoms with van der Waals surface area (Å²) in [4.78, 5) is 11.0. The summed E-state index contributed by atoms with van der Waals surface area (Å²) in [6.07, 6.45) is 1.33. The van der Waals surface area contributed by atoms with Crippen molar-refractivity contribution in [3.8, 4) is 0 Å². The summed E-state index contributed by atoms with van der Waals surface area (Å²) in [5.74, 6) is -1.96. The Hall–Kier alpha value is -1.76. The van der Waals surface area contributed by atoms with Gasteiger partial charge in [0.25, 0.3) is 5.69 Å². The molecule has 0 radical (unpaired) electrons. The average molecular weight is 272 g/mol. The topological polar surface area (TPSA) is 66.6 Å². The van der Waals surface area contributed by atoms with Gasteiger partial charge in [-0.2, -0.15) is 0 Å². The van der Waals surface area contributed by atoms with Gasteiger partial charge in [0.2, 0.25) is 0 Å². The van der Waals surface area contributed by atoms with Crippen molar-refractivity contribution in [2.45, 2.75) is 25.4 Å². The van der Waals surface area contributed by atoms with Crippen molar-refractivity contribution in [1.29, 1.82) is 0 Å². The molecule has 0 amide bonds. The largest absolute Gasteiger partial charge is 0.386 e. The van der Waals surface area contributed by atoms with Crippen molar-refractivity contribution in [2.75, 3.05) is 18.0 Å². The van der Waals surface area contributed by atoms with E-state index in [-0.39, 0.29) is 18.8 Å². The Morgan fingerprint density at radius 3 is 2.37 bits per heavy atom. The Morgan fingerprint density at radius 1 is 1.42 bits per heavy atom. The van der Waals surface area contributed by atoms with Crippen LogP contribution in [0.25, 0.3) is 0 Å². The summed E-state index contributed by atoms with van der Waals surface area (Å²) in [6, 6.07) is 1.38. The number of benzene rings is 1. The molecule has 0 aromatic heterocycles. The van der Waals surface area contributed by atoms with E-state index in [1.54, 1.807) is 0 Å². The van der Waals surface area contributed by atoms with Gasteiger partial charge >= 0.3 is 0 Å². The maximum Gasteiger partial charge on any atom is 0.275 e. The molecule has 7 heteroatoms. The smallest absolute Gasteiger partial charge is 0.275 e. The van der Waals surface area contributed by atoms with E-state index >= 15 is 0 Å². The Labute approximate surface area is 108 Å². The molecule has 0 unspecified atom stereocenters. The minimum absolute atomic E-state index is 0.131. The van der Waals surface area contributed by atoms with E-state index in [0.717, 1.165) is 6.42 Å². The lowest BCUT2D eigenvalue weighted by molar-refractivity contribution is -0.385. The number of hydrogen-bond donors (Lipinski definition) is 1. The molecule has 0 saturated carbocycles. The summed E-state index contributed by atoms with van der Waals surface area (Å²) in [6.45, 7) is 2.17. The highest BCUT2D eigenvalue weighted by atomic mass is 19.1. The van der Waals surface area contributed by atoms with Crippen molar-refractivity contribution < 1.29 is 18.8 Å². The SMILES string of the molecule is CCCC1(O)CN(c2c(F)cc([N+](=O)[O-])cc2F)C1. The van der Waals surface area contributed by atoms with E-state index in [2.05, 4.69) is 0 Å². The lowest BCUT2D eigenvalue weighted by Gasteiger charge is -2.48. The van der Waals surface area contributed by atoms with Crippen LogP contribution in [0, 0.1) is 21.7 Å². The monoisotopic (exact) mass is 272 g/mol. The quantitative estimate of drug-likeness (QED) is 0.674. The zero-order valence-corrected chi connectivity index (χ0v) is 10.4. The normalized spacial score (nSPS) is 17.2. The minimum Gasteiger partial charge on any atom is -0.386 e. The van der Waals surface area contributed by atoms with Gasteiger partial charge in [0.1, 0.15) is 5.69 Å². The van der Waals surface area contributed by atoms with Gasteiger partial charge in [-0.15, -0.1) is 0 Å². The first-order chi connectivity index (χ1) is 8.86. The fraction of sp³-hybridized carbons (Fsp3) is 0.500. The molecule has 1 N–H and O–H groups in total. The zero-order valence-electron chi connectivity index (χ0n) is 10.4. The molecule has 2 rings (SSSR count). The standard InChI is InChI=1S/C12H14F2N2O3/c1-2-3-12(17)6-15(7-12)11-9(13)4-8(16(18)19)5-10(11)14/h4-5,17H,2-3,6-7H2,1H3. The molecule has 1 aromatic carbocycles. The highest BCUT2D eigenvalue weighted by molar-refractivity contribution is 5.56. The summed E-state index contributed by atoms with van der Waals surface area (Å²) >= 11 is 0. The third-order valence-corrected chi connectivity index (χ3v) is 3.21. The fourth-order valence-corrected chi connectivity index (χ4v) is 2.41. The molecule has 1 aliphatic rings. The van der Waals surface area contributed by atoms with Gasteiger partial charge in [0.15, 0.2) is 11.6 Å². The van der Waals surface area contributed by atoms with Gasteiger partial charge in [-0.1, -0.05) is 13.3 Å². The number of hydrogen-bond acceptors (Lipinski definition) is 4. The summed E-state index contributed by atoms with van der Waals surface area (Å²) < 4.78 is 27.4. The van der Waals surface area contributed by atoms with Crippen molar-refractivity contribution in [1.82, 2.24) is 0 Å². The predicted molar refractivity (Wildman–Crippen MR) is 65.1 cm³/mol. The van der Waals surface area contributed by atoms with E-state index in [1.807, 2.05) is 6.92 Å². The van der Waals surface area contributed by atoms with Crippen LogP contribution < -0.4 is 4.90 Å². The maximum atomic E-state index is 13.7. The van der Waals surface area contributed by atoms with Gasteiger partial charge in [-0.25, -0.2) is 8.78 Å². The van der Waals surface area contributed by atoms with Gasteiger partial charge in [0.05, 0.1) is 22.7 Å². The molecule has 0 atom stereocenters. The van der Waals surface area contributed by atoms with Crippen molar-refractivity contribution >= 4 is 11.4 Å². The highest BCUT2D eigenvalue weighted by Crippen LogP contribution is 2.35. The van der Waals surface area contributed by atoms with E-state index in [4.69, 9.17) is 0 Å². The van der Waals surface area contributed by atoms with E-state index in [0.29, 0.717) is 18.6 Å². The Kier molecular flexibility index (Phi) is 3.40. The van der Waals surface area contributed by atoms with Crippen LogP contribution in [0.5, 0.6) is 0 Å². The first-order valence-corrected chi connectivity index (χ1v) is 5.97. The number of non-ortho nitro benzene ring substituents is 1. The molecule has 104 valence electrons.